The Hall–Kier alpha value is -1.39. The second-order valence-corrected chi connectivity index (χ2v) is 8.34. The van der Waals surface area contributed by atoms with Crippen molar-refractivity contribution in [3.8, 4) is 0 Å². The van der Waals surface area contributed by atoms with Gasteiger partial charge in [-0.15, -0.1) is 0 Å². The van der Waals surface area contributed by atoms with Gasteiger partial charge >= 0.3 is 0 Å². The molecule has 4 nitrogen and oxygen atoms in total. The summed E-state index contributed by atoms with van der Waals surface area (Å²) < 4.78 is 0. The molecule has 4 heteroatoms. The normalized spacial score (nSPS) is 22.3. The molecule has 1 aromatic carbocycles. The van der Waals surface area contributed by atoms with E-state index in [2.05, 4.69) is 60.3 Å². The van der Waals surface area contributed by atoms with Gasteiger partial charge in [-0.3, -0.25) is 9.69 Å². The van der Waals surface area contributed by atoms with E-state index in [1.807, 2.05) is 0 Å². The van der Waals surface area contributed by atoms with Crippen LogP contribution < -0.4 is 5.32 Å². The molecular weight excluding hydrogens is 322 g/mol. The quantitative estimate of drug-likeness (QED) is 0.849. The third kappa shape index (κ3) is 4.86. The summed E-state index contributed by atoms with van der Waals surface area (Å²) in [5.74, 6) is 0.961. The van der Waals surface area contributed by atoms with E-state index < -0.39 is 0 Å². The Morgan fingerprint density at radius 3 is 2.35 bits per heavy atom. The van der Waals surface area contributed by atoms with Gasteiger partial charge in [0, 0.05) is 38.6 Å². The maximum Gasteiger partial charge on any atom is 0.223 e. The summed E-state index contributed by atoms with van der Waals surface area (Å²) in [5.41, 5.74) is 2.60. The lowest BCUT2D eigenvalue weighted by Crippen LogP contribution is -2.49. The minimum absolute atomic E-state index is 0.142. The van der Waals surface area contributed by atoms with Crippen molar-refractivity contribution in [2.75, 3.05) is 39.8 Å². The highest BCUT2D eigenvalue weighted by Crippen LogP contribution is 2.31. The van der Waals surface area contributed by atoms with E-state index in [-0.39, 0.29) is 17.9 Å². The zero-order valence-electron chi connectivity index (χ0n) is 16.7. The molecule has 26 heavy (non-hydrogen) atoms. The maximum atomic E-state index is 12.7. The number of nitrogens with one attached hydrogen (secondary N) is 1. The Kier molecular flexibility index (Phi) is 6.71. The van der Waals surface area contributed by atoms with Gasteiger partial charge in [0.05, 0.1) is 6.04 Å². The Morgan fingerprint density at radius 1 is 1.12 bits per heavy atom. The van der Waals surface area contributed by atoms with Crippen LogP contribution in [-0.2, 0) is 4.79 Å². The van der Waals surface area contributed by atoms with E-state index in [0.29, 0.717) is 12.5 Å². The second kappa shape index (κ2) is 9.01. The number of carbonyl (C=O) groups is 1. The smallest absolute Gasteiger partial charge is 0.223 e. The van der Waals surface area contributed by atoms with Crippen LogP contribution in [0.25, 0.3) is 0 Å². The number of aryl methyl sites for hydroxylation is 1. The lowest BCUT2D eigenvalue weighted by Gasteiger charge is -2.38. The maximum absolute atomic E-state index is 12.7. The molecule has 1 N–H and O–H groups in total. The molecule has 1 amide bonds. The number of piperazine rings is 1. The van der Waals surface area contributed by atoms with Crippen LogP contribution in [0, 0.1) is 18.8 Å². The zero-order valence-corrected chi connectivity index (χ0v) is 16.7. The van der Waals surface area contributed by atoms with Gasteiger partial charge in [0.1, 0.15) is 0 Å². The molecule has 1 aromatic rings. The van der Waals surface area contributed by atoms with Gasteiger partial charge in [-0.1, -0.05) is 49.6 Å². The van der Waals surface area contributed by atoms with E-state index in [9.17, 15) is 4.79 Å². The highest BCUT2D eigenvalue weighted by Gasteiger charge is 2.29. The predicted octanol–water partition coefficient (Wildman–Crippen LogP) is 3.23. The molecular formula is C22H35N3O. The van der Waals surface area contributed by atoms with Gasteiger partial charge in [0.15, 0.2) is 0 Å². The largest absolute Gasteiger partial charge is 0.354 e. The van der Waals surface area contributed by atoms with E-state index >= 15 is 0 Å². The fourth-order valence-corrected chi connectivity index (χ4v) is 4.41. The predicted molar refractivity (Wildman–Crippen MR) is 107 cm³/mol. The van der Waals surface area contributed by atoms with E-state index in [0.717, 1.165) is 26.2 Å². The minimum atomic E-state index is 0.142. The van der Waals surface area contributed by atoms with E-state index in [1.165, 1.54) is 36.8 Å². The number of carbonyl (C=O) groups excluding carboxylic acids is 1. The van der Waals surface area contributed by atoms with Crippen molar-refractivity contribution in [3.05, 3.63) is 35.4 Å². The van der Waals surface area contributed by atoms with Crippen LogP contribution in [0.1, 0.15) is 49.8 Å². The molecule has 0 aromatic heterocycles. The topological polar surface area (TPSA) is 35.6 Å². The molecule has 1 aliphatic carbocycles. The first-order valence-electron chi connectivity index (χ1n) is 10.3. The SMILES string of the molecule is Cc1ccc(C(CNC(=O)C(C)C2CCCC2)N2CCN(C)CC2)cc1. The molecule has 1 aliphatic heterocycles. The molecule has 2 atom stereocenters. The van der Waals surface area contributed by atoms with Gasteiger partial charge in [-0.2, -0.15) is 0 Å². The molecule has 0 radical (unpaired) electrons. The fourth-order valence-electron chi connectivity index (χ4n) is 4.41. The standard InChI is InChI=1S/C22H35N3O/c1-17-8-10-20(11-9-17)21(25-14-12-24(3)13-15-25)16-23-22(26)18(2)19-6-4-5-7-19/h8-11,18-19,21H,4-7,12-16H2,1-3H3,(H,23,26). The fraction of sp³-hybridized carbons (Fsp3) is 0.682. The van der Waals surface area contributed by atoms with Crippen molar-refractivity contribution in [3.63, 3.8) is 0 Å². The molecule has 2 aliphatic rings. The highest BCUT2D eigenvalue weighted by molar-refractivity contribution is 5.78. The number of hydrogen-bond acceptors (Lipinski definition) is 3. The Labute approximate surface area is 158 Å². The summed E-state index contributed by atoms with van der Waals surface area (Å²) in [5, 5.41) is 3.29. The van der Waals surface area contributed by atoms with Crippen LogP contribution in [-0.4, -0.2) is 55.5 Å². The summed E-state index contributed by atoms with van der Waals surface area (Å²) in [6.45, 7) is 9.25. The van der Waals surface area contributed by atoms with Crippen molar-refractivity contribution >= 4 is 5.91 Å². The van der Waals surface area contributed by atoms with Crippen LogP contribution in [0.5, 0.6) is 0 Å². The summed E-state index contributed by atoms with van der Waals surface area (Å²) >= 11 is 0. The summed E-state index contributed by atoms with van der Waals surface area (Å²) in [6.07, 6.45) is 5.01. The first-order valence-corrected chi connectivity index (χ1v) is 10.3. The number of benzene rings is 1. The average Bonchev–Trinajstić information content (AvgIpc) is 3.18. The number of likely N-dealkylation sites (N-methyl/N-ethyl adjacent to an activating group) is 1. The molecule has 2 fully saturated rings. The van der Waals surface area contributed by atoms with Gasteiger partial charge in [0.25, 0.3) is 0 Å². The van der Waals surface area contributed by atoms with Crippen LogP contribution in [0.2, 0.25) is 0 Å². The number of nitrogens with zero attached hydrogens (tertiary/aromatic N) is 2. The first-order chi connectivity index (χ1) is 12.5. The van der Waals surface area contributed by atoms with Crippen molar-refractivity contribution in [1.82, 2.24) is 15.1 Å². The molecule has 0 spiro atoms. The van der Waals surface area contributed by atoms with Crippen molar-refractivity contribution in [2.45, 2.75) is 45.6 Å². The Morgan fingerprint density at radius 2 is 1.73 bits per heavy atom. The van der Waals surface area contributed by atoms with Crippen LogP contribution in [0.4, 0.5) is 0 Å². The monoisotopic (exact) mass is 357 g/mol. The zero-order chi connectivity index (χ0) is 18.5. The third-order valence-corrected chi connectivity index (χ3v) is 6.43. The Bertz CT molecular complexity index is 572. The highest BCUT2D eigenvalue weighted by atomic mass is 16.1. The number of hydrogen-bond donors (Lipinski definition) is 1. The average molecular weight is 358 g/mol. The van der Waals surface area contributed by atoms with Crippen LogP contribution >= 0.6 is 0 Å². The van der Waals surface area contributed by atoms with E-state index in [1.54, 1.807) is 0 Å². The number of amides is 1. The third-order valence-electron chi connectivity index (χ3n) is 6.43. The second-order valence-electron chi connectivity index (χ2n) is 8.34. The molecule has 2 unspecified atom stereocenters. The van der Waals surface area contributed by atoms with Gasteiger partial charge < -0.3 is 10.2 Å². The summed E-state index contributed by atoms with van der Waals surface area (Å²) in [4.78, 5) is 17.6. The molecule has 3 rings (SSSR count). The van der Waals surface area contributed by atoms with Crippen LogP contribution in [0.15, 0.2) is 24.3 Å². The lowest BCUT2D eigenvalue weighted by atomic mass is 9.91. The van der Waals surface area contributed by atoms with Crippen molar-refractivity contribution in [1.29, 1.82) is 0 Å². The Balaban J connectivity index is 1.65. The summed E-state index contributed by atoms with van der Waals surface area (Å²) in [7, 11) is 2.18. The van der Waals surface area contributed by atoms with Gasteiger partial charge in [0.2, 0.25) is 5.91 Å². The molecule has 144 valence electrons. The van der Waals surface area contributed by atoms with E-state index in [4.69, 9.17) is 0 Å². The van der Waals surface area contributed by atoms with Crippen LogP contribution in [0.3, 0.4) is 0 Å². The minimum Gasteiger partial charge on any atom is -0.354 e. The first kappa shape index (κ1) is 19.4. The molecule has 1 heterocycles. The number of rotatable bonds is 6. The van der Waals surface area contributed by atoms with Gasteiger partial charge in [-0.05, 0) is 38.3 Å². The van der Waals surface area contributed by atoms with Crippen molar-refractivity contribution < 1.29 is 4.79 Å². The van der Waals surface area contributed by atoms with Crippen molar-refractivity contribution in [2.24, 2.45) is 11.8 Å². The van der Waals surface area contributed by atoms with Gasteiger partial charge in [-0.25, -0.2) is 0 Å². The molecule has 1 saturated carbocycles. The molecule has 0 bridgehead atoms. The summed E-state index contributed by atoms with van der Waals surface area (Å²) in [6, 6.07) is 9.09. The lowest BCUT2D eigenvalue weighted by molar-refractivity contribution is -0.126. The molecule has 1 saturated heterocycles.